The molecule has 0 saturated heterocycles. The summed E-state index contributed by atoms with van der Waals surface area (Å²) in [4.78, 5) is 9.88. The van der Waals surface area contributed by atoms with E-state index >= 15 is 0 Å². The minimum absolute atomic E-state index is 0.944. The Balaban J connectivity index is 1.88. The van der Waals surface area contributed by atoms with Gasteiger partial charge in [-0.05, 0) is 12.1 Å². The lowest BCUT2D eigenvalue weighted by Crippen LogP contribution is -2.30. The van der Waals surface area contributed by atoms with Crippen LogP contribution in [0.2, 0.25) is 0 Å². The molecule has 0 aliphatic carbocycles. The van der Waals surface area contributed by atoms with Crippen molar-refractivity contribution in [1.82, 2.24) is 9.97 Å². The van der Waals surface area contributed by atoms with E-state index in [1.807, 2.05) is 0 Å². The summed E-state index contributed by atoms with van der Waals surface area (Å²) < 4.78 is 0. The van der Waals surface area contributed by atoms with Crippen LogP contribution in [0.15, 0.2) is 36.7 Å². The van der Waals surface area contributed by atoms with Crippen LogP contribution in [0.5, 0.6) is 0 Å². The zero-order valence-electron chi connectivity index (χ0n) is 8.48. The summed E-state index contributed by atoms with van der Waals surface area (Å²) >= 11 is 0. The maximum absolute atomic E-state index is 4.30. The number of nitrogens with one attached hydrogen (secondary N) is 1. The molecule has 0 spiro atoms. The fraction of sp³-hybridized carbons (Fsp3) is 0.250. The number of hydrogen-bond donors (Lipinski definition) is 1. The van der Waals surface area contributed by atoms with Gasteiger partial charge in [0.2, 0.25) is 0 Å². The molecule has 0 atom stereocenters. The summed E-state index contributed by atoms with van der Waals surface area (Å²) in [6.45, 7) is 2.00. The van der Waals surface area contributed by atoms with Crippen molar-refractivity contribution in [2.75, 3.05) is 11.4 Å². The maximum atomic E-state index is 4.30. The summed E-state index contributed by atoms with van der Waals surface area (Å²) in [6.07, 6.45) is 2.83. The molecule has 0 radical (unpaired) electrons. The fourth-order valence-electron chi connectivity index (χ4n) is 2.07. The van der Waals surface area contributed by atoms with Gasteiger partial charge in [0.05, 0.1) is 24.3 Å². The summed E-state index contributed by atoms with van der Waals surface area (Å²) in [5, 5.41) is 0. The van der Waals surface area contributed by atoms with Crippen molar-refractivity contribution in [3.63, 3.8) is 0 Å². The van der Waals surface area contributed by atoms with Crippen LogP contribution in [0.25, 0.3) is 0 Å². The van der Waals surface area contributed by atoms with Crippen molar-refractivity contribution < 1.29 is 0 Å². The number of benzene rings is 1. The SMILES string of the molecule is c1ccc(N2CCc3nc[nH]c3C2)cc1. The topological polar surface area (TPSA) is 31.9 Å². The van der Waals surface area contributed by atoms with Crippen LogP contribution in [0.1, 0.15) is 11.4 Å². The number of fused-ring (bicyclic) bond motifs is 1. The van der Waals surface area contributed by atoms with Gasteiger partial charge in [-0.1, -0.05) is 18.2 Å². The first-order valence-electron chi connectivity index (χ1n) is 5.24. The van der Waals surface area contributed by atoms with Gasteiger partial charge in [0.15, 0.2) is 0 Å². The lowest BCUT2D eigenvalue weighted by molar-refractivity contribution is 0.711. The average molecular weight is 199 g/mol. The maximum Gasteiger partial charge on any atom is 0.0925 e. The molecular weight excluding hydrogens is 186 g/mol. The smallest absolute Gasteiger partial charge is 0.0925 e. The number of H-pyrrole nitrogens is 1. The highest BCUT2D eigenvalue weighted by atomic mass is 15.2. The van der Waals surface area contributed by atoms with Crippen LogP contribution in [0, 0.1) is 0 Å². The molecule has 76 valence electrons. The van der Waals surface area contributed by atoms with E-state index in [9.17, 15) is 0 Å². The quantitative estimate of drug-likeness (QED) is 0.761. The first-order valence-corrected chi connectivity index (χ1v) is 5.24. The predicted molar refractivity (Wildman–Crippen MR) is 59.8 cm³/mol. The zero-order chi connectivity index (χ0) is 10.1. The summed E-state index contributed by atoms with van der Waals surface area (Å²) in [6, 6.07) is 10.5. The van der Waals surface area contributed by atoms with E-state index in [-0.39, 0.29) is 0 Å². The molecule has 0 amide bonds. The van der Waals surface area contributed by atoms with Crippen LogP contribution in [0.4, 0.5) is 5.69 Å². The van der Waals surface area contributed by atoms with E-state index in [1.54, 1.807) is 6.33 Å². The van der Waals surface area contributed by atoms with Gasteiger partial charge in [-0.2, -0.15) is 0 Å². The van der Waals surface area contributed by atoms with Crippen LogP contribution >= 0.6 is 0 Å². The number of nitrogens with zero attached hydrogens (tertiary/aromatic N) is 2. The molecule has 0 saturated carbocycles. The van der Waals surface area contributed by atoms with Gasteiger partial charge < -0.3 is 9.88 Å². The molecule has 1 aliphatic rings. The van der Waals surface area contributed by atoms with E-state index in [1.165, 1.54) is 17.1 Å². The number of hydrogen-bond acceptors (Lipinski definition) is 2. The molecule has 2 aromatic rings. The Kier molecular flexibility index (Phi) is 1.95. The standard InChI is InChI=1S/C12H13N3/c1-2-4-10(5-3-1)15-7-6-11-12(8-15)14-9-13-11/h1-5,9H,6-8H2,(H,13,14). The summed E-state index contributed by atoms with van der Waals surface area (Å²) in [5.41, 5.74) is 3.77. The first-order chi connectivity index (χ1) is 7.43. The summed E-state index contributed by atoms with van der Waals surface area (Å²) in [5.74, 6) is 0. The lowest BCUT2D eigenvalue weighted by atomic mass is 10.1. The second-order valence-corrected chi connectivity index (χ2v) is 3.83. The van der Waals surface area contributed by atoms with E-state index in [2.05, 4.69) is 45.2 Å². The predicted octanol–water partition coefficient (Wildman–Crippen LogP) is 1.97. The number of imidazole rings is 1. The average Bonchev–Trinajstić information content (AvgIpc) is 2.77. The second kappa shape index (κ2) is 3.42. The van der Waals surface area contributed by atoms with Crippen LogP contribution < -0.4 is 4.90 Å². The molecule has 0 bridgehead atoms. The first kappa shape index (κ1) is 8.53. The highest BCUT2D eigenvalue weighted by Crippen LogP contribution is 2.21. The largest absolute Gasteiger partial charge is 0.365 e. The van der Waals surface area contributed by atoms with E-state index in [4.69, 9.17) is 0 Å². The third-order valence-electron chi connectivity index (χ3n) is 2.90. The molecule has 1 aliphatic heterocycles. The van der Waals surface area contributed by atoms with Crippen LogP contribution in [-0.4, -0.2) is 16.5 Å². The molecule has 1 aromatic heterocycles. The van der Waals surface area contributed by atoms with Crippen molar-refractivity contribution >= 4 is 5.69 Å². The molecule has 3 nitrogen and oxygen atoms in total. The number of para-hydroxylation sites is 1. The Labute approximate surface area is 88.8 Å². The van der Waals surface area contributed by atoms with Gasteiger partial charge in [0, 0.05) is 18.7 Å². The third-order valence-corrected chi connectivity index (χ3v) is 2.90. The molecule has 1 N–H and O–H groups in total. The van der Waals surface area contributed by atoms with Crippen molar-refractivity contribution in [2.24, 2.45) is 0 Å². The molecule has 1 aromatic carbocycles. The van der Waals surface area contributed by atoms with Crippen LogP contribution in [0.3, 0.4) is 0 Å². The highest BCUT2D eigenvalue weighted by molar-refractivity contribution is 5.47. The molecule has 15 heavy (non-hydrogen) atoms. The third kappa shape index (κ3) is 1.50. The Bertz CT molecular complexity index is 447. The Morgan fingerprint density at radius 1 is 1.20 bits per heavy atom. The Morgan fingerprint density at radius 3 is 2.93 bits per heavy atom. The van der Waals surface area contributed by atoms with Crippen molar-refractivity contribution in [3.8, 4) is 0 Å². The van der Waals surface area contributed by atoms with Gasteiger partial charge in [-0.25, -0.2) is 4.98 Å². The second-order valence-electron chi connectivity index (χ2n) is 3.83. The normalized spacial score (nSPS) is 15.1. The van der Waals surface area contributed by atoms with E-state index < -0.39 is 0 Å². The van der Waals surface area contributed by atoms with Crippen LogP contribution in [-0.2, 0) is 13.0 Å². The van der Waals surface area contributed by atoms with Gasteiger partial charge in [0.25, 0.3) is 0 Å². The fourth-order valence-corrected chi connectivity index (χ4v) is 2.07. The highest BCUT2D eigenvalue weighted by Gasteiger charge is 2.17. The van der Waals surface area contributed by atoms with E-state index in [0.717, 1.165) is 19.5 Å². The minimum Gasteiger partial charge on any atom is -0.365 e. The van der Waals surface area contributed by atoms with Gasteiger partial charge in [-0.3, -0.25) is 0 Å². The molecule has 2 heterocycles. The Morgan fingerprint density at radius 2 is 2.07 bits per heavy atom. The zero-order valence-corrected chi connectivity index (χ0v) is 8.48. The number of aromatic amines is 1. The molecule has 0 fully saturated rings. The van der Waals surface area contributed by atoms with Crippen molar-refractivity contribution in [2.45, 2.75) is 13.0 Å². The molecule has 3 heteroatoms. The molecular formula is C12H13N3. The van der Waals surface area contributed by atoms with Crippen molar-refractivity contribution in [3.05, 3.63) is 48.0 Å². The van der Waals surface area contributed by atoms with Gasteiger partial charge in [0.1, 0.15) is 0 Å². The van der Waals surface area contributed by atoms with E-state index in [0.29, 0.717) is 0 Å². The Hall–Kier alpha value is -1.77. The number of rotatable bonds is 1. The van der Waals surface area contributed by atoms with Crippen molar-refractivity contribution in [1.29, 1.82) is 0 Å². The minimum atomic E-state index is 0.944. The monoisotopic (exact) mass is 199 g/mol. The number of anilines is 1. The summed E-state index contributed by atoms with van der Waals surface area (Å²) in [7, 11) is 0. The molecule has 0 unspecified atom stereocenters. The van der Waals surface area contributed by atoms with Gasteiger partial charge in [-0.15, -0.1) is 0 Å². The van der Waals surface area contributed by atoms with Gasteiger partial charge >= 0.3 is 0 Å². The lowest BCUT2D eigenvalue weighted by Gasteiger charge is -2.28. The molecule has 3 rings (SSSR count). The number of aromatic nitrogens is 2.